The predicted octanol–water partition coefficient (Wildman–Crippen LogP) is 2.53. The van der Waals surface area contributed by atoms with Crippen LogP contribution < -0.4 is 5.32 Å². The molecule has 2 aromatic rings. The van der Waals surface area contributed by atoms with E-state index in [1.807, 2.05) is 0 Å². The lowest BCUT2D eigenvalue weighted by atomic mass is 10.2. The zero-order valence-electron chi connectivity index (χ0n) is 9.59. The van der Waals surface area contributed by atoms with Gasteiger partial charge in [0.05, 0.1) is 5.56 Å². The summed E-state index contributed by atoms with van der Waals surface area (Å²) in [6.07, 6.45) is 1.35. The number of aromatic carboxylic acids is 1. The summed E-state index contributed by atoms with van der Waals surface area (Å²) in [7, 11) is 0. The molecule has 2 N–H and O–H groups in total. The first-order chi connectivity index (χ1) is 9.10. The van der Waals surface area contributed by atoms with Crippen LogP contribution >= 0.6 is 0 Å². The van der Waals surface area contributed by atoms with Gasteiger partial charge in [0.1, 0.15) is 17.6 Å². The molecule has 0 bridgehead atoms. The highest BCUT2D eigenvalue weighted by Crippen LogP contribution is 2.19. The van der Waals surface area contributed by atoms with Crippen LogP contribution in [0.15, 0.2) is 36.5 Å². The third-order valence-electron chi connectivity index (χ3n) is 2.35. The van der Waals surface area contributed by atoms with E-state index in [0.29, 0.717) is 11.4 Å². The number of anilines is 2. The number of hydrogen-bond acceptors (Lipinski definition) is 4. The van der Waals surface area contributed by atoms with Gasteiger partial charge in [-0.05, 0) is 30.3 Å². The molecule has 0 spiro atoms. The highest BCUT2D eigenvalue weighted by molar-refractivity contribution is 5.86. The Morgan fingerprint density at radius 2 is 2.05 bits per heavy atom. The van der Waals surface area contributed by atoms with Crippen LogP contribution in [-0.4, -0.2) is 16.1 Å². The molecule has 0 aliphatic carbocycles. The van der Waals surface area contributed by atoms with Crippen molar-refractivity contribution in [1.29, 1.82) is 5.26 Å². The monoisotopic (exact) mass is 257 g/mol. The zero-order chi connectivity index (χ0) is 13.8. The first-order valence-electron chi connectivity index (χ1n) is 5.26. The van der Waals surface area contributed by atoms with Crippen molar-refractivity contribution < 1.29 is 14.3 Å². The molecule has 0 unspecified atom stereocenters. The van der Waals surface area contributed by atoms with E-state index in [9.17, 15) is 9.18 Å². The fraction of sp³-hybridized carbons (Fsp3) is 0. The number of halogens is 1. The van der Waals surface area contributed by atoms with Gasteiger partial charge in [0.15, 0.2) is 0 Å². The maximum absolute atomic E-state index is 13.1. The van der Waals surface area contributed by atoms with Crippen LogP contribution in [0.4, 0.5) is 15.8 Å². The molecule has 94 valence electrons. The predicted molar refractivity (Wildman–Crippen MR) is 65.6 cm³/mol. The molecule has 0 amide bonds. The van der Waals surface area contributed by atoms with Crippen LogP contribution in [0.3, 0.4) is 0 Å². The molecule has 1 heterocycles. The Balaban J connectivity index is 2.29. The Labute approximate surface area is 108 Å². The number of nitriles is 1. The maximum Gasteiger partial charge on any atom is 0.354 e. The minimum Gasteiger partial charge on any atom is -0.477 e. The number of nitrogens with zero attached hydrogens (tertiary/aromatic N) is 2. The summed E-state index contributed by atoms with van der Waals surface area (Å²) >= 11 is 0. The summed E-state index contributed by atoms with van der Waals surface area (Å²) in [5.74, 6) is -1.74. The fourth-order valence-corrected chi connectivity index (χ4v) is 1.48. The molecule has 1 aromatic carbocycles. The van der Waals surface area contributed by atoms with Crippen molar-refractivity contribution in [1.82, 2.24) is 4.98 Å². The van der Waals surface area contributed by atoms with Gasteiger partial charge in [-0.1, -0.05) is 0 Å². The van der Waals surface area contributed by atoms with E-state index < -0.39 is 11.8 Å². The molecule has 6 heteroatoms. The Morgan fingerprint density at radius 3 is 2.74 bits per heavy atom. The average Bonchev–Trinajstić information content (AvgIpc) is 2.41. The number of carbonyl (C=O) groups is 1. The SMILES string of the molecule is N#Cc1cc(Nc2ccnc(C(=O)O)c2)ccc1F. The summed E-state index contributed by atoms with van der Waals surface area (Å²) in [4.78, 5) is 14.4. The van der Waals surface area contributed by atoms with E-state index in [1.54, 1.807) is 12.1 Å². The molecule has 0 radical (unpaired) electrons. The molecule has 19 heavy (non-hydrogen) atoms. The first kappa shape index (κ1) is 12.5. The second-order valence-electron chi connectivity index (χ2n) is 3.67. The van der Waals surface area contributed by atoms with E-state index in [1.165, 1.54) is 30.5 Å². The third-order valence-corrected chi connectivity index (χ3v) is 2.35. The average molecular weight is 257 g/mol. The van der Waals surface area contributed by atoms with Crippen molar-refractivity contribution in [3.63, 3.8) is 0 Å². The minimum atomic E-state index is -1.14. The normalized spacial score (nSPS) is 9.68. The van der Waals surface area contributed by atoms with Gasteiger partial charge in [0.25, 0.3) is 0 Å². The summed E-state index contributed by atoms with van der Waals surface area (Å²) in [5.41, 5.74) is 0.786. The number of benzene rings is 1. The number of aromatic nitrogens is 1. The minimum absolute atomic E-state index is 0.0856. The van der Waals surface area contributed by atoms with Gasteiger partial charge in [-0.2, -0.15) is 5.26 Å². The lowest BCUT2D eigenvalue weighted by Crippen LogP contribution is -2.01. The number of hydrogen-bond donors (Lipinski definition) is 2. The van der Waals surface area contributed by atoms with Crippen molar-refractivity contribution in [2.75, 3.05) is 5.32 Å². The van der Waals surface area contributed by atoms with Crippen molar-refractivity contribution in [2.24, 2.45) is 0 Å². The molecule has 1 aromatic heterocycles. The van der Waals surface area contributed by atoms with Crippen molar-refractivity contribution in [2.45, 2.75) is 0 Å². The number of rotatable bonds is 3. The van der Waals surface area contributed by atoms with Gasteiger partial charge in [0.2, 0.25) is 0 Å². The summed E-state index contributed by atoms with van der Waals surface area (Å²) < 4.78 is 13.1. The van der Waals surface area contributed by atoms with Crippen molar-refractivity contribution in [3.05, 3.63) is 53.6 Å². The maximum atomic E-state index is 13.1. The number of carboxylic acid groups (broad SMARTS) is 1. The Kier molecular flexibility index (Phi) is 3.39. The third kappa shape index (κ3) is 2.84. The van der Waals surface area contributed by atoms with Crippen LogP contribution in [0.25, 0.3) is 0 Å². The van der Waals surface area contributed by atoms with Crippen LogP contribution in [0.5, 0.6) is 0 Å². The number of nitrogens with one attached hydrogen (secondary N) is 1. The largest absolute Gasteiger partial charge is 0.477 e. The summed E-state index contributed by atoms with van der Waals surface area (Å²) in [5, 5.41) is 20.4. The molecule has 0 saturated carbocycles. The lowest BCUT2D eigenvalue weighted by Gasteiger charge is -2.07. The smallest absolute Gasteiger partial charge is 0.354 e. The van der Waals surface area contributed by atoms with E-state index in [-0.39, 0.29) is 11.3 Å². The van der Waals surface area contributed by atoms with Crippen molar-refractivity contribution in [3.8, 4) is 6.07 Å². The van der Waals surface area contributed by atoms with E-state index in [2.05, 4.69) is 10.3 Å². The Hall–Kier alpha value is -2.94. The number of pyridine rings is 1. The van der Waals surface area contributed by atoms with Gasteiger partial charge in [-0.25, -0.2) is 14.2 Å². The lowest BCUT2D eigenvalue weighted by molar-refractivity contribution is 0.0690. The van der Waals surface area contributed by atoms with Gasteiger partial charge < -0.3 is 10.4 Å². The van der Waals surface area contributed by atoms with Crippen LogP contribution in [0.2, 0.25) is 0 Å². The molecule has 0 saturated heterocycles. The molecule has 0 aliphatic heterocycles. The van der Waals surface area contributed by atoms with Crippen molar-refractivity contribution >= 4 is 17.3 Å². The molecule has 0 atom stereocenters. The van der Waals surface area contributed by atoms with E-state index >= 15 is 0 Å². The molecule has 0 aliphatic rings. The standard InChI is InChI=1S/C13H8FN3O2/c14-11-2-1-9(5-8(11)7-15)17-10-3-4-16-12(6-10)13(18)19/h1-6H,(H,16,17)(H,18,19). The van der Waals surface area contributed by atoms with Gasteiger partial charge in [0, 0.05) is 17.6 Å². The highest BCUT2D eigenvalue weighted by Gasteiger charge is 2.06. The van der Waals surface area contributed by atoms with Crippen LogP contribution in [0.1, 0.15) is 16.1 Å². The zero-order valence-corrected chi connectivity index (χ0v) is 9.59. The van der Waals surface area contributed by atoms with Gasteiger partial charge >= 0.3 is 5.97 Å². The van der Waals surface area contributed by atoms with Crippen LogP contribution in [0, 0.1) is 17.1 Å². The number of carboxylic acids is 1. The van der Waals surface area contributed by atoms with Gasteiger partial charge in [-0.3, -0.25) is 0 Å². The topological polar surface area (TPSA) is 86.0 Å². The second-order valence-corrected chi connectivity index (χ2v) is 3.67. The molecule has 0 fully saturated rings. The second kappa shape index (κ2) is 5.14. The Bertz CT molecular complexity index is 680. The first-order valence-corrected chi connectivity index (χ1v) is 5.26. The van der Waals surface area contributed by atoms with E-state index in [0.717, 1.165) is 0 Å². The molecule has 5 nitrogen and oxygen atoms in total. The molecular weight excluding hydrogens is 249 g/mol. The highest BCUT2D eigenvalue weighted by atomic mass is 19.1. The van der Waals surface area contributed by atoms with Crippen LogP contribution in [-0.2, 0) is 0 Å². The molecule has 2 rings (SSSR count). The molecular formula is C13H8FN3O2. The fourth-order valence-electron chi connectivity index (χ4n) is 1.48. The quantitative estimate of drug-likeness (QED) is 0.882. The van der Waals surface area contributed by atoms with Gasteiger partial charge in [-0.15, -0.1) is 0 Å². The van der Waals surface area contributed by atoms with E-state index in [4.69, 9.17) is 10.4 Å². The summed E-state index contributed by atoms with van der Waals surface area (Å²) in [6.45, 7) is 0. The Morgan fingerprint density at radius 1 is 1.32 bits per heavy atom. The summed E-state index contributed by atoms with van der Waals surface area (Å²) in [6, 6.07) is 8.61.